The van der Waals surface area contributed by atoms with E-state index in [0.29, 0.717) is 60.1 Å². The van der Waals surface area contributed by atoms with E-state index >= 15 is 0 Å². The lowest BCUT2D eigenvalue weighted by atomic mass is 10.1. The summed E-state index contributed by atoms with van der Waals surface area (Å²) in [5, 5.41) is 11.2. The number of amides is 4. The van der Waals surface area contributed by atoms with Gasteiger partial charge in [0.05, 0.1) is 0 Å². The molecule has 0 atom stereocenters. The zero-order valence-corrected chi connectivity index (χ0v) is 30.6. The summed E-state index contributed by atoms with van der Waals surface area (Å²) in [6, 6.07) is 29.3. The van der Waals surface area contributed by atoms with E-state index in [0.717, 1.165) is 24.0 Å². The molecule has 4 amide bonds. The molecule has 4 N–H and O–H groups in total. The minimum Gasteiger partial charge on any atom is -0.454 e. The molecule has 286 valence electrons. The van der Waals surface area contributed by atoms with Gasteiger partial charge in [-0.05, 0) is 83.7 Å². The van der Waals surface area contributed by atoms with Gasteiger partial charge < -0.3 is 40.2 Å². The molecule has 0 spiro atoms. The first kappa shape index (κ1) is 38.6. The largest absolute Gasteiger partial charge is 0.454 e. The zero-order chi connectivity index (χ0) is 39.0. The zero-order valence-electron chi connectivity index (χ0n) is 30.6. The van der Waals surface area contributed by atoms with Gasteiger partial charge in [0, 0.05) is 25.2 Å². The summed E-state index contributed by atoms with van der Waals surface area (Å²) in [7, 11) is 0. The number of benzene rings is 4. The van der Waals surface area contributed by atoms with E-state index in [2.05, 4.69) is 21.3 Å². The highest BCUT2D eigenvalue weighted by Crippen LogP contribution is 2.34. The summed E-state index contributed by atoms with van der Waals surface area (Å²) < 4.78 is 21.7. The van der Waals surface area contributed by atoms with Crippen LogP contribution in [0.3, 0.4) is 0 Å². The Morgan fingerprint density at radius 3 is 1.32 bits per heavy atom. The van der Waals surface area contributed by atoms with Crippen molar-refractivity contribution in [2.24, 2.45) is 0 Å². The Morgan fingerprint density at radius 1 is 0.482 bits per heavy atom. The van der Waals surface area contributed by atoms with E-state index in [1.807, 2.05) is 60.7 Å². The molecule has 0 aliphatic carbocycles. The summed E-state index contributed by atoms with van der Waals surface area (Å²) in [5.74, 6) is 0.576. The predicted molar refractivity (Wildman–Crippen MR) is 213 cm³/mol. The molecule has 0 bridgehead atoms. The maximum absolute atomic E-state index is 13.3. The fraction of sp³-hybridized carbons (Fsp3) is 0.182. The molecule has 0 saturated heterocycles. The minimum atomic E-state index is -0.449. The van der Waals surface area contributed by atoms with Gasteiger partial charge in [0.15, 0.2) is 23.0 Å². The number of nitrogens with one attached hydrogen (secondary N) is 4. The Balaban J connectivity index is 0.978. The highest BCUT2D eigenvalue weighted by Gasteiger charge is 2.17. The first-order valence-corrected chi connectivity index (χ1v) is 18.3. The van der Waals surface area contributed by atoms with E-state index in [-0.39, 0.29) is 25.0 Å². The van der Waals surface area contributed by atoms with E-state index in [1.54, 1.807) is 60.7 Å². The number of hydrogen-bond donors (Lipinski definition) is 4. The van der Waals surface area contributed by atoms with Gasteiger partial charge in [-0.2, -0.15) is 0 Å². The van der Waals surface area contributed by atoms with Gasteiger partial charge in [0.1, 0.15) is 11.4 Å². The predicted octanol–water partition coefficient (Wildman–Crippen LogP) is 5.98. The average Bonchev–Trinajstić information content (AvgIpc) is 3.90. The van der Waals surface area contributed by atoms with Gasteiger partial charge in [0.25, 0.3) is 11.8 Å². The summed E-state index contributed by atoms with van der Waals surface area (Å²) in [4.78, 5) is 52.2. The van der Waals surface area contributed by atoms with Crippen LogP contribution in [0.1, 0.15) is 47.9 Å². The number of fused-ring (bicyclic) bond motifs is 2. The summed E-state index contributed by atoms with van der Waals surface area (Å²) >= 11 is 0. The van der Waals surface area contributed by atoms with Gasteiger partial charge in [-0.1, -0.05) is 85.6 Å². The van der Waals surface area contributed by atoms with Crippen molar-refractivity contribution in [1.29, 1.82) is 0 Å². The third kappa shape index (κ3) is 11.7. The van der Waals surface area contributed by atoms with Crippen LogP contribution >= 0.6 is 0 Å². The fourth-order valence-electron chi connectivity index (χ4n) is 5.67. The Kier molecular flexibility index (Phi) is 13.7. The molecular weight excluding hydrogens is 713 g/mol. The molecule has 4 aromatic rings. The van der Waals surface area contributed by atoms with Crippen molar-refractivity contribution in [3.63, 3.8) is 0 Å². The number of rotatable bonds is 17. The molecule has 6 rings (SSSR count). The highest BCUT2D eigenvalue weighted by molar-refractivity contribution is 6.05. The molecular formula is C44H42N4O8. The smallest absolute Gasteiger partial charge is 0.267 e. The van der Waals surface area contributed by atoms with Gasteiger partial charge in [0.2, 0.25) is 25.4 Å². The van der Waals surface area contributed by atoms with Crippen LogP contribution in [0.15, 0.2) is 121 Å². The fourth-order valence-corrected chi connectivity index (χ4v) is 5.67. The first-order valence-electron chi connectivity index (χ1n) is 18.3. The van der Waals surface area contributed by atoms with Gasteiger partial charge in [-0.3, -0.25) is 19.2 Å². The second-order valence-electron chi connectivity index (χ2n) is 12.7. The standard InChI is InChI=1S/C44H42N4O8/c49-41(21-17-31-11-5-3-6-12-31)47-35(25-33-15-19-37-39(27-33)55-29-53-37)43(51)45-23-9-1-2-10-24-46-44(52)36(26-34-16-20-38-40(28-34)56-30-54-38)48-42(50)22-18-32-13-7-4-8-14-32/h3-8,11-22,25-28H,1-2,9-10,23-24,29-30H2,(H,45,51)(H,46,52)(H,47,49)(H,48,50)/b21-17+,22-18+,35-25-,36-26-. The SMILES string of the molecule is O=C(/C=C/c1ccccc1)N/C(=C\c1ccc2c(c1)OCO2)C(=O)NCCCCCCNC(=O)/C(=C/c1ccc2c(c1)OCO2)NC(=O)/C=C/c1ccccc1. The van der Waals surface area contributed by atoms with Crippen molar-refractivity contribution in [3.8, 4) is 23.0 Å². The first-order chi connectivity index (χ1) is 27.4. The quantitative estimate of drug-likeness (QED) is 0.0760. The van der Waals surface area contributed by atoms with E-state index < -0.39 is 23.6 Å². The molecule has 0 radical (unpaired) electrons. The van der Waals surface area contributed by atoms with Crippen molar-refractivity contribution >= 4 is 47.9 Å². The summed E-state index contributed by atoms with van der Waals surface area (Å²) in [6.45, 7) is 0.999. The van der Waals surface area contributed by atoms with E-state index in [9.17, 15) is 19.2 Å². The van der Waals surface area contributed by atoms with E-state index in [1.165, 1.54) is 12.2 Å². The van der Waals surface area contributed by atoms with Crippen molar-refractivity contribution in [1.82, 2.24) is 21.3 Å². The lowest BCUT2D eigenvalue weighted by Gasteiger charge is -2.11. The Bertz CT molecular complexity index is 1990. The molecule has 2 heterocycles. The Morgan fingerprint density at radius 2 is 0.893 bits per heavy atom. The topological polar surface area (TPSA) is 153 Å². The Hall–Kier alpha value is -7.08. The third-order valence-corrected chi connectivity index (χ3v) is 8.55. The lowest BCUT2D eigenvalue weighted by molar-refractivity contribution is -0.121. The summed E-state index contributed by atoms with van der Waals surface area (Å²) in [5.41, 5.74) is 3.19. The van der Waals surface area contributed by atoms with Crippen LogP contribution in [-0.2, 0) is 19.2 Å². The summed E-state index contributed by atoms with van der Waals surface area (Å²) in [6.07, 6.45) is 12.2. The maximum atomic E-state index is 13.3. The normalized spacial score (nSPS) is 13.1. The second kappa shape index (κ2) is 19.8. The molecule has 0 saturated carbocycles. The van der Waals surface area contributed by atoms with Gasteiger partial charge in [-0.15, -0.1) is 0 Å². The van der Waals surface area contributed by atoms with Crippen LogP contribution < -0.4 is 40.2 Å². The van der Waals surface area contributed by atoms with Crippen molar-refractivity contribution < 1.29 is 38.1 Å². The molecule has 0 aromatic heterocycles. The lowest BCUT2D eigenvalue weighted by Crippen LogP contribution is -2.35. The maximum Gasteiger partial charge on any atom is 0.267 e. The third-order valence-electron chi connectivity index (χ3n) is 8.55. The van der Waals surface area contributed by atoms with Crippen LogP contribution in [0.25, 0.3) is 24.3 Å². The molecule has 0 fully saturated rings. The molecule has 2 aliphatic heterocycles. The number of carbonyl (C=O) groups excluding carboxylic acids is 4. The van der Waals surface area contributed by atoms with Crippen molar-refractivity contribution in [2.75, 3.05) is 26.7 Å². The van der Waals surface area contributed by atoms with Crippen LogP contribution in [0, 0.1) is 0 Å². The van der Waals surface area contributed by atoms with Gasteiger partial charge >= 0.3 is 0 Å². The molecule has 4 aromatic carbocycles. The highest BCUT2D eigenvalue weighted by atomic mass is 16.7. The van der Waals surface area contributed by atoms with Crippen LogP contribution in [0.5, 0.6) is 23.0 Å². The molecule has 12 heteroatoms. The van der Waals surface area contributed by atoms with E-state index in [4.69, 9.17) is 18.9 Å². The van der Waals surface area contributed by atoms with Crippen LogP contribution in [0.4, 0.5) is 0 Å². The average molecular weight is 755 g/mol. The number of hydrogen-bond acceptors (Lipinski definition) is 8. The van der Waals surface area contributed by atoms with Crippen molar-refractivity contribution in [3.05, 3.63) is 143 Å². The minimum absolute atomic E-state index is 0.0848. The van der Waals surface area contributed by atoms with Crippen LogP contribution in [0.2, 0.25) is 0 Å². The Labute approximate surface area is 324 Å². The molecule has 56 heavy (non-hydrogen) atoms. The molecule has 12 nitrogen and oxygen atoms in total. The number of carbonyl (C=O) groups is 4. The van der Waals surface area contributed by atoms with Gasteiger partial charge in [-0.25, -0.2) is 0 Å². The number of unbranched alkanes of at least 4 members (excludes halogenated alkanes) is 3. The monoisotopic (exact) mass is 754 g/mol. The number of ether oxygens (including phenoxy) is 4. The molecule has 2 aliphatic rings. The van der Waals surface area contributed by atoms with Crippen molar-refractivity contribution in [2.45, 2.75) is 25.7 Å². The van der Waals surface area contributed by atoms with Crippen LogP contribution in [-0.4, -0.2) is 50.3 Å². The molecule has 0 unspecified atom stereocenters. The second-order valence-corrected chi connectivity index (χ2v) is 12.7.